The Kier molecular flexibility index (Phi) is 7.45. The van der Waals surface area contributed by atoms with E-state index in [1.807, 2.05) is 50.2 Å². The molecule has 0 atom stereocenters. The normalized spacial score (nSPS) is 11.1. The number of ether oxygens (including phenoxy) is 1. The fourth-order valence-corrected chi connectivity index (χ4v) is 4.00. The summed E-state index contributed by atoms with van der Waals surface area (Å²) in [7, 11) is -1.84. The van der Waals surface area contributed by atoms with Crippen LogP contribution in [0.3, 0.4) is 0 Å². The van der Waals surface area contributed by atoms with Crippen LogP contribution in [-0.4, -0.2) is 34.2 Å². The number of anilines is 1. The quantitative estimate of drug-likeness (QED) is 0.696. The highest BCUT2D eigenvalue weighted by atomic mass is 32.2. The Morgan fingerprint density at radius 1 is 1.11 bits per heavy atom. The molecule has 2 aromatic carbocycles. The number of nitrogens with zero attached hydrogens (tertiary/aromatic N) is 1. The highest BCUT2D eigenvalue weighted by Gasteiger charge is 2.19. The standard InChI is InChI=1S/C21H28N2O4S/c1-16-9-7-11-19(17(16)2)23(28(4,25)26)14-8-13-21(24)22-15-18-10-5-6-12-20(18)27-3/h5-7,9-12H,8,13-15H2,1-4H3,(H,22,24). The molecule has 0 aliphatic carbocycles. The van der Waals surface area contributed by atoms with E-state index in [0.717, 1.165) is 22.4 Å². The molecule has 0 saturated carbocycles. The van der Waals surface area contributed by atoms with Crippen LogP contribution in [0.5, 0.6) is 5.75 Å². The molecule has 0 heterocycles. The van der Waals surface area contributed by atoms with E-state index < -0.39 is 10.0 Å². The molecule has 2 rings (SSSR count). The van der Waals surface area contributed by atoms with E-state index >= 15 is 0 Å². The van der Waals surface area contributed by atoms with Gasteiger partial charge in [0.1, 0.15) is 5.75 Å². The Morgan fingerprint density at radius 3 is 2.50 bits per heavy atom. The summed E-state index contributed by atoms with van der Waals surface area (Å²) in [5, 5.41) is 2.86. The van der Waals surface area contributed by atoms with Crippen LogP contribution < -0.4 is 14.4 Å². The van der Waals surface area contributed by atoms with Gasteiger partial charge in [0.05, 0.1) is 19.1 Å². The molecule has 28 heavy (non-hydrogen) atoms. The van der Waals surface area contributed by atoms with Gasteiger partial charge in [-0.25, -0.2) is 8.42 Å². The predicted molar refractivity (Wildman–Crippen MR) is 112 cm³/mol. The molecule has 152 valence electrons. The summed E-state index contributed by atoms with van der Waals surface area (Å²) in [6.07, 6.45) is 1.86. The summed E-state index contributed by atoms with van der Waals surface area (Å²) >= 11 is 0. The van der Waals surface area contributed by atoms with Crippen LogP contribution >= 0.6 is 0 Å². The lowest BCUT2D eigenvalue weighted by molar-refractivity contribution is -0.121. The molecule has 0 spiro atoms. The van der Waals surface area contributed by atoms with E-state index in [0.29, 0.717) is 18.7 Å². The minimum Gasteiger partial charge on any atom is -0.496 e. The van der Waals surface area contributed by atoms with Crippen molar-refractivity contribution in [2.24, 2.45) is 0 Å². The number of sulfonamides is 1. The lowest BCUT2D eigenvalue weighted by Gasteiger charge is -2.25. The SMILES string of the molecule is COc1ccccc1CNC(=O)CCCN(c1cccc(C)c1C)S(C)(=O)=O. The lowest BCUT2D eigenvalue weighted by Crippen LogP contribution is -2.32. The third-order valence-electron chi connectivity index (χ3n) is 4.68. The van der Waals surface area contributed by atoms with Gasteiger partial charge in [0, 0.05) is 25.1 Å². The number of rotatable bonds is 9. The summed E-state index contributed by atoms with van der Waals surface area (Å²) in [5.41, 5.74) is 3.51. The maximum absolute atomic E-state index is 12.3. The molecule has 0 aliphatic heterocycles. The summed E-state index contributed by atoms with van der Waals surface area (Å²) in [6, 6.07) is 13.1. The van der Waals surface area contributed by atoms with Gasteiger partial charge in [0.2, 0.25) is 15.9 Å². The molecular weight excluding hydrogens is 376 g/mol. The number of nitrogens with one attached hydrogen (secondary N) is 1. The minimum absolute atomic E-state index is 0.125. The first-order valence-corrected chi connectivity index (χ1v) is 11.0. The van der Waals surface area contributed by atoms with Crippen molar-refractivity contribution >= 4 is 21.6 Å². The van der Waals surface area contributed by atoms with Crippen molar-refractivity contribution in [2.75, 3.05) is 24.2 Å². The number of benzene rings is 2. The van der Waals surface area contributed by atoms with Crippen molar-refractivity contribution in [2.45, 2.75) is 33.2 Å². The second kappa shape index (κ2) is 9.59. The van der Waals surface area contributed by atoms with Crippen LogP contribution in [0.25, 0.3) is 0 Å². The maximum Gasteiger partial charge on any atom is 0.232 e. The topological polar surface area (TPSA) is 75.7 Å². The Hall–Kier alpha value is -2.54. The molecule has 1 amide bonds. The number of hydrogen-bond donors (Lipinski definition) is 1. The van der Waals surface area contributed by atoms with Crippen molar-refractivity contribution in [3.05, 3.63) is 59.2 Å². The number of carbonyl (C=O) groups excluding carboxylic acids is 1. The number of methoxy groups -OCH3 is 1. The molecule has 6 nitrogen and oxygen atoms in total. The van der Waals surface area contributed by atoms with Crippen LogP contribution in [0.1, 0.15) is 29.5 Å². The van der Waals surface area contributed by atoms with Gasteiger partial charge in [-0.1, -0.05) is 30.3 Å². The monoisotopic (exact) mass is 404 g/mol. The van der Waals surface area contributed by atoms with Crippen LogP contribution in [0.2, 0.25) is 0 Å². The molecule has 0 bridgehead atoms. The van der Waals surface area contributed by atoms with Gasteiger partial charge < -0.3 is 10.1 Å². The van der Waals surface area contributed by atoms with Gasteiger partial charge >= 0.3 is 0 Å². The number of para-hydroxylation sites is 1. The average Bonchev–Trinajstić information content (AvgIpc) is 2.65. The third-order valence-corrected chi connectivity index (χ3v) is 5.86. The fraction of sp³-hybridized carbons (Fsp3) is 0.381. The number of amides is 1. The molecule has 0 radical (unpaired) electrons. The molecule has 0 fully saturated rings. The summed E-state index contributed by atoms with van der Waals surface area (Å²) in [4.78, 5) is 12.2. The molecule has 7 heteroatoms. The minimum atomic E-state index is -3.43. The highest BCUT2D eigenvalue weighted by Crippen LogP contribution is 2.25. The van der Waals surface area contributed by atoms with E-state index in [2.05, 4.69) is 5.32 Å². The maximum atomic E-state index is 12.3. The van der Waals surface area contributed by atoms with E-state index in [4.69, 9.17) is 4.74 Å². The molecule has 0 unspecified atom stereocenters. The number of hydrogen-bond acceptors (Lipinski definition) is 4. The van der Waals surface area contributed by atoms with E-state index in [1.165, 1.54) is 10.6 Å². The summed E-state index contributed by atoms with van der Waals surface area (Å²) < 4.78 is 31.2. The number of carbonyl (C=O) groups is 1. The molecule has 1 N–H and O–H groups in total. The van der Waals surface area contributed by atoms with Gasteiger partial charge in [0.25, 0.3) is 0 Å². The van der Waals surface area contributed by atoms with Crippen LogP contribution in [0.15, 0.2) is 42.5 Å². The van der Waals surface area contributed by atoms with E-state index in [1.54, 1.807) is 13.2 Å². The summed E-state index contributed by atoms with van der Waals surface area (Å²) in [6.45, 7) is 4.48. The lowest BCUT2D eigenvalue weighted by atomic mass is 10.1. The van der Waals surface area contributed by atoms with Crippen molar-refractivity contribution in [1.29, 1.82) is 0 Å². The zero-order valence-corrected chi connectivity index (χ0v) is 17.7. The van der Waals surface area contributed by atoms with Gasteiger partial charge in [-0.2, -0.15) is 0 Å². The third kappa shape index (κ3) is 5.73. The highest BCUT2D eigenvalue weighted by molar-refractivity contribution is 7.92. The van der Waals surface area contributed by atoms with Crippen molar-refractivity contribution in [3.8, 4) is 5.75 Å². The first-order valence-electron chi connectivity index (χ1n) is 9.16. The van der Waals surface area contributed by atoms with Crippen molar-refractivity contribution in [1.82, 2.24) is 5.32 Å². The smallest absolute Gasteiger partial charge is 0.232 e. The van der Waals surface area contributed by atoms with Crippen LogP contribution in [0.4, 0.5) is 5.69 Å². The fourth-order valence-electron chi connectivity index (χ4n) is 2.99. The van der Waals surface area contributed by atoms with Gasteiger partial charge in [0.15, 0.2) is 0 Å². The van der Waals surface area contributed by atoms with Gasteiger partial charge in [-0.3, -0.25) is 9.10 Å². The molecule has 0 saturated heterocycles. The Bertz CT molecular complexity index is 926. The first-order chi connectivity index (χ1) is 13.2. The van der Waals surface area contributed by atoms with Crippen LogP contribution in [-0.2, 0) is 21.4 Å². The first kappa shape index (κ1) is 21.8. The Labute approximate surface area is 167 Å². The Balaban J connectivity index is 1.95. The molecule has 2 aromatic rings. The molecule has 0 aromatic heterocycles. The van der Waals surface area contributed by atoms with Crippen molar-refractivity contribution < 1.29 is 17.9 Å². The predicted octanol–water partition coefficient (Wildman–Crippen LogP) is 3.17. The van der Waals surface area contributed by atoms with Gasteiger partial charge in [-0.05, 0) is 43.5 Å². The second-order valence-electron chi connectivity index (χ2n) is 6.75. The number of aryl methyl sites for hydroxylation is 1. The molecule has 0 aliphatic rings. The summed E-state index contributed by atoms with van der Waals surface area (Å²) in [5.74, 6) is 0.598. The van der Waals surface area contributed by atoms with E-state index in [9.17, 15) is 13.2 Å². The largest absolute Gasteiger partial charge is 0.496 e. The average molecular weight is 405 g/mol. The van der Waals surface area contributed by atoms with E-state index in [-0.39, 0.29) is 18.9 Å². The second-order valence-corrected chi connectivity index (χ2v) is 8.65. The molecular formula is C21H28N2O4S. The van der Waals surface area contributed by atoms with Crippen molar-refractivity contribution in [3.63, 3.8) is 0 Å². The Morgan fingerprint density at radius 2 is 1.82 bits per heavy atom. The zero-order valence-electron chi connectivity index (χ0n) is 16.9. The van der Waals surface area contributed by atoms with Crippen LogP contribution in [0, 0.1) is 13.8 Å². The van der Waals surface area contributed by atoms with Gasteiger partial charge in [-0.15, -0.1) is 0 Å². The zero-order chi connectivity index (χ0) is 20.7.